The third kappa shape index (κ3) is 4.15. The van der Waals surface area contributed by atoms with Gasteiger partial charge < -0.3 is 0 Å². The van der Waals surface area contributed by atoms with Gasteiger partial charge >= 0.3 is 0 Å². The molecular weight excluding hydrogens is 324 g/mol. The minimum Gasteiger partial charge on any atom is -0.298 e. The summed E-state index contributed by atoms with van der Waals surface area (Å²) >= 11 is 3.43. The molecule has 0 unspecified atom stereocenters. The molecule has 0 saturated carbocycles. The van der Waals surface area contributed by atoms with Gasteiger partial charge in [-0.05, 0) is 49.4 Å². The van der Waals surface area contributed by atoms with Crippen LogP contribution in [-0.4, -0.2) is 16.1 Å². The van der Waals surface area contributed by atoms with Crippen LogP contribution < -0.4 is 5.32 Å². The average Bonchev–Trinajstić information content (AvgIpc) is 2.88. The van der Waals surface area contributed by atoms with Gasteiger partial charge in [-0.25, -0.2) is 4.98 Å². The molecule has 1 amide bonds. The van der Waals surface area contributed by atoms with Crippen LogP contribution in [0.15, 0.2) is 29.2 Å². The number of thiazole rings is 1. The van der Waals surface area contributed by atoms with Gasteiger partial charge in [0.1, 0.15) is 0 Å². The molecule has 1 aromatic heterocycles. The molecule has 1 heterocycles. The van der Waals surface area contributed by atoms with Crippen LogP contribution in [0.2, 0.25) is 0 Å². The fourth-order valence-electron chi connectivity index (χ4n) is 2.72. The molecule has 0 saturated heterocycles. The molecule has 1 aliphatic rings. The lowest BCUT2D eigenvalue weighted by Crippen LogP contribution is -2.12. The third-order valence-electron chi connectivity index (χ3n) is 3.89. The number of aryl methyl sites for hydroxylation is 1. The Morgan fingerprint density at radius 3 is 2.78 bits per heavy atom. The summed E-state index contributed by atoms with van der Waals surface area (Å²) in [5, 5.41) is 4.22. The van der Waals surface area contributed by atoms with E-state index < -0.39 is 0 Å². The van der Waals surface area contributed by atoms with Crippen LogP contribution in [0.3, 0.4) is 0 Å². The molecule has 3 nitrogen and oxygen atoms in total. The lowest BCUT2D eigenvalue weighted by atomic mass is 9.93. The SMILES string of the molecule is CC(C)Sc1ccc(C(=O)Nc2nc3c(s2)C[C@H](C)CC3)cc1. The highest BCUT2D eigenvalue weighted by atomic mass is 32.2. The maximum absolute atomic E-state index is 12.4. The van der Waals surface area contributed by atoms with Crippen molar-refractivity contribution in [3.63, 3.8) is 0 Å². The number of rotatable bonds is 4. The number of aromatic nitrogens is 1. The summed E-state index contributed by atoms with van der Waals surface area (Å²) in [5.41, 5.74) is 1.85. The number of hydrogen-bond acceptors (Lipinski definition) is 4. The van der Waals surface area contributed by atoms with Crippen molar-refractivity contribution in [1.82, 2.24) is 4.98 Å². The van der Waals surface area contributed by atoms with Crippen molar-refractivity contribution in [2.45, 2.75) is 50.2 Å². The Bertz CT molecular complexity index is 692. The Morgan fingerprint density at radius 1 is 1.35 bits per heavy atom. The van der Waals surface area contributed by atoms with Crippen LogP contribution in [-0.2, 0) is 12.8 Å². The highest BCUT2D eigenvalue weighted by molar-refractivity contribution is 7.99. The number of amides is 1. The molecule has 1 aliphatic carbocycles. The Labute approximate surface area is 145 Å². The van der Waals surface area contributed by atoms with E-state index in [0.717, 1.165) is 23.9 Å². The fourth-order valence-corrected chi connectivity index (χ4v) is 4.72. The molecule has 2 aromatic rings. The van der Waals surface area contributed by atoms with E-state index in [2.05, 4.69) is 31.1 Å². The van der Waals surface area contributed by atoms with Gasteiger partial charge in [0.05, 0.1) is 5.69 Å². The van der Waals surface area contributed by atoms with Crippen LogP contribution in [0.4, 0.5) is 5.13 Å². The third-order valence-corrected chi connectivity index (χ3v) is 5.95. The first kappa shape index (κ1) is 16.5. The van der Waals surface area contributed by atoms with E-state index in [1.165, 1.54) is 21.9 Å². The summed E-state index contributed by atoms with van der Waals surface area (Å²) < 4.78 is 0. The van der Waals surface area contributed by atoms with Crippen molar-refractivity contribution in [1.29, 1.82) is 0 Å². The zero-order valence-corrected chi connectivity index (χ0v) is 15.4. The number of anilines is 1. The van der Waals surface area contributed by atoms with E-state index in [0.29, 0.717) is 10.8 Å². The average molecular weight is 347 g/mol. The second kappa shape index (κ2) is 7.05. The second-order valence-electron chi connectivity index (χ2n) is 6.38. The molecular formula is C18H22N2OS2. The van der Waals surface area contributed by atoms with Gasteiger partial charge in [-0.2, -0.15) is 0 Å². The van der Waals surface area contributed by atoms with E-state index >= 15 is 0 Å². The number of benzene rings is 1. The number of thioether (sulfide) groups is 1. The molecule has 1 N–H and O–H groups in total. The smallest absolute Gasteiger partial charge is 0.257 e. The molecule has 0 bridgehead atoms. The van der Waals surface area contributed by atoms with Gasteiger partial charge in [0.2, 0.25) is 0 Å². The number of nitrogens with zero attached hydrogens (tertiary/aromatic N) is 1. The van der Waals surface area contributed by atoms with Crippen molar-refractivity contribution in [2.75, 3.05) is 5.32 Å². The van der Waals surface area contributed by atoms with Gasteiger partial charge in [-0.1, -0.05) is 20.8 Å². The zero-order chi connectivity index (χ0) is 16.4. The predicted molar refractivity (Wildman–Crippen MR) is 98.7 cm³/mol. The van der Waals surface area contributed by atoms with Gasteiger partial charge in [-0.3, -0.25) is 10.1 Å². The number of carbonyl (C=O) groups excluding carboxylic acids is 1. The van der Waals surface area contributed by atoms with E-state index in [1.54, 1.807) is 23.1 Å². The zero-order valence-electron chi connectivity index (χ0n) is 13.8. The molecule has 0 aliphatic heterocycles. The van der Waals surface area contributed by atoms with Crippen molar-refractivity contribution < 1.29 is 4.79 Å². The largest absolute Gasteiger partial charge is 0.298 e. The molecule has 0 fully saturated rings. The standard InChI is InChI=1S/C18H22N2OS2/c1-11(2)22-14-7-5-13(6-8-14)17(21)20-18-19-15-9-4-12(3)10-16(15)23-18/h5-8,11-12H,4,9-10H2,1-3H3,(H,19,20,21)/t12-/m1/s1. The summed E-state index contributed by atoms with van der Waals surface area (Å²) in [6.07, 6.45) is 3.31. The first-order valence-electron chi connectivity index (χ1n) is 8.08. The topological polar surface area (TPSA) is 42.0 Å². The molecule has 1 aromatic carbocycles. The van der Waals surface area contributed by atoms with Gasteiger partial charge in [0, 0.05) is 20.6 Å². The molecule has 0 radical (unpaired) electrons. The van der Waals surface area contributed by atoms with Gasteiger partial charge in [-0.15, -0.1) is 23.1 Å². The minimum atomic E-state index is -0.0785. The molecule has 0 spiro atoms. The van der Waals surface area contributed by atoms with Crippen LogP contribution in [0, 0.1) is 5.92 Å². The Hall–Kier alpha value is -1.33. The van der Waals surface area contributed by atoms with Crippen LogP contribution >= 0.6 is 23.1 Å². The van der Waals surface area contributed by atoms with Gasteiger partial charge in [0.15, 0.2) is 5.13 Å². The molecule has 5 heteroatoms. The van der Waals surface area contributed by atoms with E-state index in [9.17, 15) is 4.79 Å². The Kier molecular flexibility index (Phi) is 5.07. The van der Waals surface area contributed by atoms with E-state index in [4.69, 9.17) is 0 Å². The van der Waals surface area contributed by atoms with E-state index in [1.807, 2.05) is 24.3 Å². The minimum absolute atomic E-state index is 0.0785. The van der Waals surface area contributed by atoms with Crippen molar-refractivity contribution >= 4 is 34.1 Å². The summed E-state index contributed by atoms with van der Waals surface area (Å²) in [6, 6.07) is 7.79. The molecule has 1 atom stereocenters. The van der Waals surface area contributed by atoms with Gasteiger partial charge in [0.25, 0.3) is 5.91 Å². The highest BCUT2D eigenvalue weighted by Gasteiger charge is 2.20. The van der Waals surface area contributed by atoms with Crippen molar-refractivity contribution in [3.8, 4) is 0 Å². The first-order valence-corrected chi connectivity index (χ1v) is 9.77. The number of nitrogens with one attached hydrogen (secondary N) is 1. The number of fused-ring (bicyclic) bond motifs is 1. The summed E-state index contributed by atoms with van der Waals surface area (Å²) in [7, 11) is 0. The predicted octanol–water partition coefficient (Wildman–Crippen LogP) is 5.02. The Morgan fingerprint density at radius 2 is 2.09 bits per heavy atom. The lowest BCUT2D eigenvalue weighted by Gasteiger charge is -2.15. The number of hydrogen-bond donors (Lipinski definition) is 1. The van der Waals surface area contributed by atoms with Crippen LogP contribution in [0.1, 0.15) is 48.1 Å². The molecule has 122 valence electrons. The van der Waals surface area contributed by atoms with Crippen molar-refractivity contribution in [2.24, 2.45) is 5.92 Å². The maximum Gasteiger partial charge on any atom is 0.257 e. The fraction of sp³-hybridized carbons (Fsp3) is 0.444. The number of carbonyl (C=O) groups is 1. The molecule has 3 rings (SSSR count). The molecule has 23 heavy (non-hydrogen) atoms. The second-order valence-corrected chi connectivity index (χ2v) is 9.12. The maximum atomic E-state index is 12.4. The van der Waals surface area contributed by atoms with Crippen LogP contribution in [0.5, 0.6) is 0 Å². The lowest BCUT2D eigenvalue weighted by molar-refractivity contribution is 0.102. The first-order chi connectivity index (χ1) is 11.0. The Balaban J connectivity index is 1.67. The monoisotopic (exact) mass is 346 g/mol. The summed E-state index contributed by atoms with van der Waals surface area (Å²) in [6.45, 7) is 6.60. The summed E-state index contributed by atoms with van der Waals surface area (Å²) in [5.74, 6) is 0.641. The summed E-state index contributed by atoms with van der Waals surface area (Å²) in [4.78, 5) is 19.5. The van der Waals surface area contributed by atoms with E-state index in [-0.39, 0.29) is 5.91 Å². The normalized spacial score (nSPS) is 17.1. The highest BCUT2D eigenvalue weighted by Crippen LogP contribution is 2.32. The quantitative estimate of drug-likeness (QED) is 0.790. The van der Waals surface area contributed by atoms with Crippen molar-refractivity contribution in [3.05, 3.63) is 40.4 Å². The van der Waals surface area contributed by atoms with Crippen LogP contribution in [0.25, 0.3) is 0 Å².